The minimum atomic E-state index is -3.88. The second kappa shape index (κ2) is 11.6. The molecule has 0 saturated carbocycles. The van der Waals surface area contributed by atoms with Gasteiger partial charge in [0.2, 0.25) is 0 Å². The van der Waals surface area contributed by atoms with Gasteiger partial charge in [-0.1, -0.05) is 55.5 Å². The third kappa shape index (κ3) is 12.0. The first-order valence-electron chi connectivity index (χ1n) is 6.12. The van der Waals surface area contributed by atoms with Gasteiger partial charge < -0.3 is 0 Å². The summed E-state index contributed by atoms with van der Waals surface area (Å²) in [5.41, 5.74) is 0. The monoisotopic (exact) mass is 296 g/mol. The summed E-state index contributed by atoms with van der Waals surface area (Å²) in [7, 11) is -3.88. The van der Waals surface area contributed by atoms with E-state index in [0.29, 0.717) is 6.42 Å². The van der Waals surface area contributed by atoms with Gasteiger partial charge in [-0.05, 0) is 21.7 Å². The fourth-order valence-corrected chi connectivity index (χ4v) is 2.39. The molecule has 0 bridgehead atoms. The van der Waals surface area contributed by atoms with E-state index in [0.717, 1.165) is 25.7 Å². The highest BCUT2D eigenvalue weighted by Gasteiger charge is 2.09. The molecule has 0 aliphatic heterocycles. The Labute approximate surface area is 113 Å². The lowest BCUT2D eigenvalue weighted by Crippen LogP contribution is -2.05. The van der Waals surface area contributed by atoms with Crippen molar-refractivity contribution in [2.24, 2.45) is 0 Å². The summed E-state index contributed by atoms with van der Waals surface area (Å²) in [6, 6.07) is 4.04. The van der Waals surface area contributed by atoms with Gasteiger partial charge in [-0.2, -0.15) is 19.8 Å². The van der Waals surface area contributed by atoms with Crippen LogP contribution < -0.4 is 0 Å². The number of thiophene rings is 1. The van der Waals surface area contributed by atoms with Crippen molar-refractivity contribution in [3.05, 3.63) is 22.9 Å². The van der Waals surface area contributed by atoms with E-state index >= 15 is 0 Å². The third-order valence-electron chi connectivity index (χ3n) is 2.27. The molecular weight excluding hydrogens is 275 g/mol. The molecule has 3 nitrogen and oxygen atoms in total. The molecule has 0 saturated heterocycles. The first kappa shape index (κ1) is 17.5. The Hall–Kier alpha value is -0.460. The Morgan fingerprint density at radius 1 is 1.06 bits per heavy atom. The average molecular weight is 296 g/mol. The number of rotatable bonds is 8. The summed E-state index contributed by atoms with van der Waals surface area (Å²) in [5, 5.41) is 4.08. The molecule has 1 aromatic rings. The topological polar surface area (TPSA) is 43.4 Å². The molecule has 0 aromatic carbocycles. The summed E-state index contributed by atoms with van der Waals surface area (Å²) >= 11 is 1.71. The Bertz CT molecular complexity index is 332. The first-order chi connectivity index (χ1) is 8.62. The molecule has 0 N–H and O–H groups in total. The molecule has 0 radical (unpaired) electrons. The van der Waals surface area contributed by atoms with E-state index in [1.807, 2.05) is 22.9 Å². The van der Waals surface area contributed by atoms with Gasteiger partial charge in [-0.25, -0.2) is 0 Å². The van der Waals surface area contributed by atoms with Crippen LogP contribution >= 0.6 is 11.3 Å². The molecule has 0 aliphatic carbocycles. The van der Waals surface area contributed by atoms with Crippen molar-refractivity contribution in [2.75, 3.05) is 5.75 Å². The van der Waals surface area contributed by atoms with Crippen molar-refractivity contribution in [2.45, 2.75) is 45.4 Å². The summed E-state index contributed by atoms with van der Waals surface area (Å²) in [6.45, 7) is 2.11. The third-order valence-corrected chi connectivity index (χ3v) is 3.88. The van der Waals surface area contributed by atoms with Crippen LogP contribution in [0.4, 0.5) is 4.53 Å². The standard InChI is InChI=1S/C8H17FO3S.C4H4S/c1-2-3-4-5-6-7-8-13(10,11)12-9;1-2-4-5-3-1/h2-8H2,1H3;1-4H. The van der Waals surface area contributed by atoms with Crippen molar-refractivity contribution >= 4 is 21.5 Å². The summed E-state index contributed by atoms with van der Waals surface area (Å²) in [6.07, 6.45) is 5.76. The molecule has 1 aromatic heterocycles. The highest BCUT2D eigenvalue weighted by Crippen LogP contribution is 2.07. The normalized spacial score (nSPS) is 10.8. The SMILES string of the molecule is CCCCCCCCS(=O)(=O)OF.c1ccsc1. The van der Waals surface area contributed by atoms with Crippen LogP contribution in [0.2, 0.25) is 0 Å². The largest absolute Gasteiger partial charge is 0.297 e. The van der Waals surface area contributed by atoms with Crippen LogP contribution in [-0.2, 0) is 14.5 Å². The second-order valence-electron chi connectivity index (χ2n) is 3.89. The zero-order valence-corrected chi connectivity index (χ0v) is 12.3. The van der Waals surface area contributed by atoms with Crippen molar-refractivity contribution in [3.63, 3.8) is 0 Å². The van der Waals surface area contributed by atoms with Crippen LogP contribution in [0.1, 0.15) is 45.4 Å². The van der Waals surface area contributed by atoms with Crippen LogP contribution in [0, 0.1) is 0 Å². The van der Waals surface area contributed by atoms with Gasteiger partial charge in [0.25, 0.3) is 10.1 Å². The van der Waals surface area contributed by atoms with E-state index in [-0.39, 0.29) is 5.75 Å². The molecule has 0 unspecified atom stereocenters. The number of hydrogen-bond donors (Lipinski definition) is 0. The molecule has 1 heterocycles. The van der Waals surface area contributed by atoms with Gasteiger partial charge in [0.05, 0.1) is 5.75 Å². The minimum absolute atomic E-state index is 0.213. The van der Waals surface area contributed by atoms with Crippen LogP contribution in [-0.4, -0.2) is 14.2 Å². The molecule has 0 amide bonds. The van der Waals surface area contributed by atoms with Gasteiger partial charge in [-0.3, -0.25) is 0 Å². The molecule has 0 fully saturated rings. The number of hydrogen-bond acceptors (Lipinski definition) is 4. The van der Waals surface area contributed by atoms with Crippen LogP contribution in [0.25, 0.3) is 0 Å². The van der Waals surface area contributed by atoms with Gasteiger partial charge >= 0.3 is 0 Å². The fourth-order valence-electron chi connectivity index (χ4n) is 1.32. The van der Waals surface area contributed by atoms with E-state index in [4.69, 9.17) is 0 Å². The summed E-state index contributed by atoms with van der Waals surface area (Å²) in [5.74, 6) is -0.213. The molecule has 6 heteroatoms. The van der Waals surface area contributed by atoms with Crippen LogP contribution in [0.15, 0.2) is 22.9 Å². The fraction of sp³-hybridized carbons (Fsp3) is 0.667. The first-order valence-corrected chi connectivity index (χ1v) is 8.64. The van der Waals surface area contributed by atoms with E-state index in [2.05, 4.69) is 11.3 Å². The van der Waals surface area contributed by atoms with E-state index in [9.17, 15) is 12.9 Å². The van der Waals surface area contributed by atoms with E-state index in [1.165, 1.54) is 6.42 Å². The zero-order valence-electron chi connectivity index (χ0n) is 10.7. The van der Waals surface area contributed by atoms with Gasteiger partial charge in [-0.15, -0.1) is 0 Å². The predicted molar refractivity (Wildman–Crippen MR) is 73.7 cm³/mol. The quantitative estimate of drug-likeness (QED) is 0.671. The van der Waals surface area contributed by atoms with Crippen LogP contribution in [0.5, 0.6) is 0 Å². The second-order valence-corrected chi connectivity index (χ2v) is 6.35. The van der Waals surface area contributed by atoms with Gasteiger partial charge in [0.15, 0.2) is 0 Å². The number of halogens is 1. The smallest absolute Gasteiger partial charge is 0.197 e. The Balaban J connectivity index is 0.000000473. The predicted octanol–water partition coefficient (Wildman–Crippen LogP) is 4.33. The maximum Gasteiger partial charge on any atom is 0.297 e. The highest BCUT2D eigenvalue weighted by molar-refractivity contribution is 7.86. The van der Waals surface area contributed by atoms with Gasteiger partial charge in [0.1, 0.15) is 0 Å². The van der Waals surface area contributed by atoms with Crippen molar-refractivity contribution in [1.82, 2.24) is 0 Å². The molecule has 1 rings (SSSR count). The molecule has 0 spiro atoms. The minimum Gasteiger partial charge on any atom is -0.197 e. The highest BCUT2D eigenvalue weighted by atomic mass is 32.2. The Morgan fingerprint density at radius 3 is 2.06 bits per heavy atom. The van der Waals surface area contributed by atoms with Crippen molar-refractivity contribution in [3.8, 4) is 0 Å². The number of unbranched alkanes of at least 4 members (excludes halogenated alkanes) is 5. The van der Waals surface area contributed by atoms with Crippen LogP contribution in [0.3, 0.4) is 0 Å². The molecule has 18 heavy (non-hydrogen) atoms. The molecule has 106 valence electrons. The molecular formula is C12H21FO3S2. The molecule has 0 aliphatic rings. The maximum absolute atomic E-state index is 11.3. The summed E-state index contributed by atoms with van der Waals surface area (Å²) < 4.78 is 35.1. The van der Waals surface area contributed by atoms with Gasteiger partial charge in [0, 0.05) is 0 Å². The van der Waals surface area contributed by atoms with E-state index < -0.39 is 10.1 Å². The average Bonchev–Trinajstić information content (AvgIpc) is 2.92. The summed E-state index contributed by atoms with van der Waals surface area (Å²) in [4.78, 5) is 0. The Kier molecular flexibility index (Phi) is 11.3. The maximum atomic E-state index is 11.3. The lowest BCUT2D eigenvalue weighted by molar-refractivity contribution is 0.00288. The van der Waals surface area contributed by atoms with Crippen molar-refractivity contribution < 1.29 is 17.3 Å². The zero-order chi connectivity index (χ0) is 13.7. The van der Waals surface area contributed by atoms with Crippen molar-refractivity contribution in [1.29, 1.82) is 0 Å². The lowest BCUT2D eigenvalue weighted by Gasteiger charge is -1.99. The lowest BCUT2D eigenvalue weighted by atomic mass is 10.1. The van der Waals surface area contributed by atoms with E-state index in [1.54, 1.807) is 11.3 Å². The molecule has 0 atom stereocenters. The Morgan fingerprint density at radius 2 is 1.61 bits per heavy atom.